The molecule has 0 amide bonds. The SMILES string of the molecule is C=CCCOc1ccc(-c2ccc(C(=O)Oc3ccc(-c4ccc(OCC)cc4)c(F)c3F)cc2)c(F)c1. The lowest BCUT2D eigenvalue weighted by Crippen LogP contribution is -2.10. The highest BCUT2D eigenvalue weighted by atomic mass is 19.2. The molecule has 4 aromatic carbocycles. The van der Waals surface area contributed by atoms with Crippen LogP contribution in [-0.4, -0.2) is 19.2 Å². The van der Waals surface area contributed by atoms with Crippen LogP contribution < -0.4 is 14.2 Å². The molecule has 0 fully saturated rings. The van der Waals surface area contributed by atoms with Crippen molar-refractivity contribution in [3.63, 3.8) is 0 Å². The average molecular weight is 519 g/mol. The molecule has 0 spiro atoms. The molecule has 0 aliphatic heterocycles. The smallest absolute Gasteiger partial charge is 0.343 e. The Hall–Kier alpha value is -4.52. The quantitative estimate of drug-likeness (QED) is 0.0923. The van der Waals surface area contributed by atoms with Gasteiger partial charge in [-0.15, -0.1) is 6.58 Å². The summed E-state index contributed by atoms with van der Waals surface area (Å²) in [5.74, 6) is -3.31. The Kier molecular flexibility index (Phi) is 8.48. The monoisotopic (exact) mass is 518 g/mol. The predicted octanol–water partition coefficient (Wildman–Crippen LogP) is 8.01. The van der Waals surface area contributed by atoms with E-state index in [1.165, 1.54) is 30.3 Å². The Morgan fingerprint density at radius 1 is 0.789 bits per heavy atom. The van der Waals surface area contributed by atoms with Crippen molar-refractivity contribution in [1.82, 2.24) is 0 Å². The van der Waals surface area contributed by atoms with Crippen LogP contribution in [0.2, 0.25) is 0 Å². The van der Waals surface area contributed by atoms with Gasteiger partial charge in [0.15, 0.2) is 11.6 Å². The van der Waals surface area contributed by atoms with Crippen LogP contribution in [0.3, 0.4) is 0 Å². The fourth-order valence-corrected chi connectivity index (χ4v) is 3.76. The van der Waals surface area contributed by atoms with Crippen molar-refractivity contribution in [2.75, 3.05) is 13.2 Å². The van der Waals surface area contributed by atoms with Gasteiger partial charge in [0.25, 0.3) is 0 Å². The zero-order chi connectivity index (χ0) is 27.1. The Morgan fingerprint density at radius 2 is 1.42 bits per heavy atom. The third kappa shape index (κ3) is 6.06. The van der Waals surface area contributed by atoms with E-state index >= 15 is 0 Å². The van der Waals surface area contributed by atoms with Crippen LogP contribution in [0.4, 0.5) is 13.2 Å². The first-order chi connectivity index (χ1) is 18.4. The van der Waals surface area contributed by atoms with Crippen LogP contribution in [0.15, 0.2) is 91.5 Å². The molecule has 0 saturated heterocycles. The summed E-state index contributed by atoms with van der Waals surface area (Å²) in [4.78, 5) is 12.6. The number of hydrogen-bond acceptors (Lipinski definition) is 4. The van der Waals surface area contributed by atoms with E-state index in [2.05, 4.69) is 6.58 Å². The normalized spacial score (nSPS) is 10.6. The molecule has 4 rings (SSSR count). The van der Waals surface area contributed by atoms with Gasteiger partial charge >= 0.3 is 5.97 Å². The zero-order valence-electron chi connectivity index (χ0n) is 20.7. The molecule has 0 heterocycles. The molecule has 4 aromatic rings. The van der Waals surface area contributed by atoms with Crippen molar-refractivity contribution in [2.45, 2.75) is 13.3 Å². The van der Waals surface area contributed by atoms with Gasteiger partial charge in [-0.1, -0.05) is 30.3 Å². The van der Waals surface area contributed by atoms with Crippen molar-refractivity contribution in [3.05, 3.63) is 115 Å². The number of benzene rings is 4. The lowest BCUT2D eigenvalue weighted by Gasteiger charge is -2.11. The maximum absolute atomic E-state index is 14.8. The molecule has 0 aliphatic carbocycles. The van der Waals surface area contributed by atoms with Crippen LogP contribution in [0, 0.1) is 17.5 Å². The van der Waals surface area contributed by atoms with E-state index in [1.807, 2.05) is 6.92 Å². The molecule has 0 aromatic heterocycles. The van der Waals surface area contributed by atoms with E-state index < -0.39 is 29.2 Å². The lowest BCUT2D eigenvalue weighted by molar-refractivity contribution is 0.0726. The molecular weight excluding hydrogens is 493 g/mol. The molecule has 0 N–H and O–H groups in total. The summed E-state index contributed by atoms with van der Waals surface area (Å²) in [6.45, 7) is 6.34. The summed E-state index contributed by atoms with van der Waals surface area (Å²) in [6, 6.07) is 19.5. The predicted molar refractivity (Wildman–Crippen MR) is 140 cm³/mol. The second kappa shape index (κ2) is 12.1. The Bertz CT molecular complexity index is 1430. The topological polar surface area (TPSA) is 44.8 Å². The first-order valence-corrected chi connectivity index (χ1v) is 12.0. The van der Waals surface area contributed by atoms with Crippen molar-refractivity contribution in [3.8, 4) is 39.5 Å². The Morgan fingerprint density at radius 3 is 2.08 bits per heavy atom. The number of hydrogen-bond donors (Lipinski definition) is 0. The minimum absolute atomic E-state index is 0.0221. The summed E-state index contributed by atoms with van der Waals surface area (Å²) in [7, 11) is 0. The van der Waals surface area contributed by atoms with E-state index in [0.29, 0.717) is 47.8 Å². The second-order valence-corrected chi connectivity index (χ2v) is 8.23. The number of halogens is 3. The van der Waals surface area contributed by atoms with E-state index in [-0.39, 0.29) is 11.1 Å². The highest BCUT2D eigenvalue weighted by Gasteiger charge is 2.19. The first-order valence-electron chi connectivity index (χ1n) is 12.0. The highest BCUT2D eigenvalue weighted by molar-refractivity contribution is 5.91. The van der Waals surface area contributed by atoms with Crippen molar-refractivity contribution < 1.29 is 32.2 Å². The number of carbonyl (C=O) groups is 1. The van der Waals surface area contributed by atoms with Gasteiger partial charge in [0, 0.05) is 17.2 Å². The van der Waals surface area contributed by atoms with Gasteiger partial charge in [0.2, 0.25) is 5.82 Å². The molecule has 0 saturated carbocycles. The van der Waals surface area contributed by atoms with Gasteiger partial charge < -0.3 is 14.2 Å². The average Bonchev–Trinajstić information content (AvgIpc) is 2.92. The van der Waals surface area contributed by atoms with E-state index in [9.17, 15) is 18.0 Å². The largest absolute Gasteiger partial charge is 0.494 e. The summed E-state index contributed by atoms with van der Waals surface area (Å²) in [6.07, 6.45) is 2.35. The summed E-state index contributed by atoms with van der Waals surface area (Å²) in [5, 5.41) is 0. The minimum atomic E-state index is -1.28. The van der Waals surface area contributed by atoms with Gasteiger partial charge in [-0.3, -0.25) is 0 Å². The standard InChI is InChI=1S/C31H25F3O4/c1-3-5-18-37-24-14-15-25(27(32)19-24)20-6-8-22(9-7-20)31(35)38-28-17-16-26(29(33)30(28)34)21-10-12-23(13-11-21)36-4-2/h3,6-17,19H,1,4-5,18H2,2H3. The molecule has 194 valence electrons. The molecule has 0 aliphatic rings. The third-order valence-corrected chi connectivity index (χ3v) is 5.69. The van der Waals surface area contributed by atoms with Crippen LogP contribution in [0.25, 0.3) is 22.3 Å². The van der Waals surface area contributed by atoms with Crippen LogP contribution >= 0.6 is 0 Å². The molecule has 0 radical (unpaired) electrons. The number of carbonyl (C=O) groups excluding carboxylic acids is 1. The first kappa shape index (κ1) is 26.5. The number of ether oxygens (including phenoxy) is 3. The Labute approximate surface area is 218 Å². The molecule has 0 unspecified atom stereocenters. The van der Waals surface area contributed by atoms with Gasteiger partial charge in [-0.25, -0.2) is 13.6 Å². The summed E-state index contributed by atoms with van der Waals surface area (Å²) < 4.78 is 60.1. The number of esters is 1. The van der Waals surface area contributed by atoms with Gasteiger partial charge in [-0.05, 0) is 73.0 Å². The summed E-state index contributed by atoms with van der Waals surface area (Å²) >= 11 is 0. The second-order valence-electron chi connectivity index (χ2n) is 8.23. The number of rotatable bonds is 10. The maximum atomic E-state index is 14.8. The fourth-order valence-electron chi connectivity index (χ4n) is 3.76. The molecule has 4 nitrogen and oxygen atoms in total. The van der Waals surface area contributed by atoms with Gasteiger partial charge in [-0.2, -0.15) is 4.39 Å². The van der Waals surface area contributed by atoms with Crippen LogP contribution in [0.1, 0.15) is 23.7 Å². The van der Waals surface area contributed by atoms with Crippen molar-refractivity contribution in [2.24, 2.45) is 0 Å². The third-order valence-electron chi connectivity index (χ3n) is 5.69. The van der Waals surface area contributed by atoms with Gasteiger partial charge in [0.1, 0.15) is 17.3 Å². The highest BCUT2D eigenvalue weighted by Crippen LogP contribution is 2.32. The summed E-state index contributed by atoms with van der Waals surface area (Å²) in [5.41, 5.74) is 1.40. The lowest BCUT2D eigenvalue weighted by atomic mass is 10.0. The molecular formula is C31H25F3O4. The van der Waals surface area contributed by atoms with E-state index in [0.717, 1.165) is 0 Å². The molecule has 0 bridgehead atoms. The zero-order valence-corrected chi connectivity index (χ0v) is 20.7. The maximum Gasteiger partial charge on any atom is 0.343 e. The molecule has 7 heteroatoms. The van der Waals surface area contributed by atoms with E-state index in [1.54, 1.807) is 54.6 Å². The Balaban J connectivity index is 1.46. The fraction of sp³-hybridized carbons (Fsp3) is 0.129. The molecule has 38 heavy (non-hydrogen) atoms. The molecule has 0 atom stereocenters. The van der Waals surface area contributed by atoms with Crippen molar-refractivity contribution >= 4 is 5.97 Å². The van der Waals surface area contributed by atoms with Crippen LogP contribution in [-0.2, 0) is 0 Å². The van der Waals surface area contributed by atoms with E-state index in [4.69, 9.17) is 14.2 Å². The van der Waals surface area contributed by atoms with Crippen LogP contribution in [0.5, 0.6) is 17.2 Å². The van der Waals surface area contributed by atoms with Crippen molar-refractivity contribution in [1.29, 1.82) is 0 Å². The minimum Gasteiger partial charge on any atom is -0.494 e. The van der Waals surface area contributed by atoms with Gasteiger partial charge in [0.05, 0.1) is 18.8 Å².